The van der Waals surface area contributed by atoms with Crippen molar-refractivity contribution in [1.29, 1.82) is 0 Å². The summed E-state index contributed by atoms with van der Waals surface area (Å²) in [5, 5.41) is 10.7. The van der Waals surface area contributed by atoms with Gasteiger partial charge in [0.1, 0.15) is 18.3 Å². The molecule has 0 saturated carbocycles. The van der Waals surface area contributed by atoms with Gasteiger partial charge in [-0.2, -0.15) is 0 Å². The average Bonchev–Trinajstić information content (AvgIpc) is 2.76. The fourth-order valence-electron chi connectivity index (χ4n) is 3.37. The molecule has 6 heteroatoms. The molecule has 1 N–H and O–H groups in total. The molecule has 1 heterocycles. The van der Waals surface area contributed by atoms with E-state index in [0.717, 1.165) is 11.1 Å². The van der Waals surface area contributed by atoms with Crippen molar-refractivity contribution in [3.8, 4) is 0 Å². The zero-order chi connectivity index (χ0) is 23.4. The molecule has 0 fully saturated rings. The molecule has 32 heavy (non-hydrogen) atoms. The van der Waals surface area contributed by atoms with Crippen molar-refractivity contribution in [2.24, 2.45) is 0 Å². The monoisotopic (exact) mass is 454 g/mol. The minimum atomic E-state index is -2.24. The summed E-state index contributed by atoms with van der Waals surface area (Å²) in [5.41, 5.74) is 1.91. The van der Waals surface area contributed by atoms with Gasteiger partial charge in [0.05, 0.1) is 6.61 Å². The minimum absolute atomic E-state index is 0.0359. The van der Waals surface area contributed by atoms with Crippen LogP contribution in [-0.4, -0.2) is 37.7 Å². The lowest BCUT2D eigenvalue weighted by Crippen LogP contribution is -2.51. The van der Waals surface area contributed by atoms with E-state index in [1.807, 2.05) is 60.7 Å². The summed E-state index contributed by atoms with van der Waals surface area (Å²) in [5.74, 6) is -0.493. The molecule has 0 unspecified atom stereocenters. The Morgan fingerprint density at radius 3 is 2.22 bits per heavy atom. The molecule has 172 valence electrons. The Bertz CT molecular complexity index is 905. The summed E-state index contributed by atoms with van der Waals surface area (Å²) >= 11 is 0. The molecule has 0 aromatic heterocycles. The smallest absolute Gasteiger partial charge is 0.330 e. The Hall–Kier alpha value is -2.25. The predicted octanol–water partition coefficient (Wildman–Crippen LogP) is 5.18. The summed E-state index contributed by atoms with van der Waals surface area (Å²) in [4.78, 5) is 12.1. The fourth-order valence-corrected chi connectivity index (χ4v) is 4.63. The molecule has 2 aromatic rings. The van der Waals surface area contributed by atoms with Crippen LogP contribution in [0.5, 0.6) is 0 Å². The van der Waals surface area contributed by atoms with Gasteiger partial charge in [-0.25, -0.2) is 4.79 Å². The number of aliphatic hydroxyl groups is 1. The minimum Gasteiger partial charge on any atom is -0.453 e. The largest absolute Gasteiger partial charge is 0.453 e. The van der Waals surface area contributed by atoms with Gasteiger partial charge in [0.15, 0.2) is 14.4 Å². The van der Waals surface area contributed by atoms with Crippen LogP contribution >= 0.6 is 0 Å². The molecule has 1 aliphatic heterocycles. The van der Waals surface area contributed by atoms with E-state index in [2.05, 4.69) is 33.9 Å². The lowest BCUT2D eigenvalue weighted by molar-refractivity contribution is -0.175. The van der Waals surface area contributed by atoms with E-state index in [1.165, 1.54) is 12.2 Å². The molecule has 2 aromatic carbocycles. The van der Waals surface area contributed by atoms with Crippen molar-refractivity contribution in [1.82, 2.24) is 0 Å². The van der Waals surface area contributed by atoms with E-state index in [9.17, 15) is 9.90 Å². The predicted molar refractivity (Wildman–Crippen MR) is 128 cm³/mol. The quantitative estimate of drug-likeness (QED) is 0.440. The van der Waals surface area contributed by atoms with Gasteiger partial charge in [0.25, 0.3) is 0 Å². The first-order valence-corrected chi connectivity index (χ1v) is 13.9. The molecule has 0 radical (unpaired) electrons. The first kappa shape index (κ1) is 24.4. The van der Waals surface area contributed by atoms with Gasteiger partial charge in [-0.1, -0.05) is 81.4 Å². The zero-order valence-electron chi connectivity index (χ0n) is 19.5. The third-order valence-electron chi connectivity index (χ3n) is 6.28. The molecule has 0 aliphatic carbocycles. The molecule has 1 aliphatic rings. The van der Waals surface area contributed by atoms with Crippen molar-refractivity contribution in [2.75, 3.05) is 0 Å². The highest BCUT2D eigenvalue weighted by Crippen LogP contribution is 2.42. The number of benzene rings is 2. The van der Waals surface area contributed by atoms with Crippen LogP contribution < -0.4 is 0 Å². The van der Waals surface area contributed by atoms with E-state index in [0.29, 0.717) is 6.61 Å². The van der Waals surface area contributed by atoms with Crippen LogP contribution in [0.2, 0.25) is 18.1 Å². The van der Waals surface area contributed by atoms with Crippen molar-refractivity contribution in [3.05, 3.63) is 83.9 Å². The van der Waals surface area contributed by atoms with Gasteiger partial charge in [-0.15, -0.1) is 0 Å². The molecular weight excluding hydrogens is 420 g/mol. The van der Waals surface area contributed by atoms with E-state index >= 15 is 0 Å². The van der Waals surface area contributed by atoms with Crippen LogP contribution in [0, 0.1) is 0 Å². The number of hydrogen-bond donors (Lipinski definition) is 1. The van der Waals surface area contributed by atoms with E-state index in [-0.39, 0.29) is 5.04 Å². The summed E-state index contributed by atoms with van der Waals surface area (Å²) in [6.45, 7) is 11.2. The second-order valence-electron chi connectivity index (χ2n) is 9.72. The molecule has 3 rings (SSSR count). The zero-order valence-corrected chi connectivity index (χ0v) is 20.5. The molecule has 0 amide bonds. The molecule has 0 saturated heterocycles. The molecule has 0 bridgehead atoms. The standard InChI is InChI=1S/C26H34O5Si/c1-26(2,3)32(4,5)31-23(20-14-10-7-11-15-20)25(24-21(27)16-17-22(28)30-24)29-18-19-12-8-6-9-13-19/h6-17,21,23-25,27H,18H2,1-5H3/t21-,23+,24+,25+/m0/s1. The Morgan fingerprint density at radius 1 is 1.03 bits per heavy atom. The Kier molecular flexibility index (Phi) is 7.72. The second-order valence-corrected chi connectivity index (χ2v) is 14.5. The molecule has 4 atom stereocenters. The Labute approximate surface area is 192 Å². The number of aliphatic hydroxyl groups excluding tert-OH is 1. The number of esters is 1. The maximum atomic E-state index is 12.1. The Morgan fingerprint density at radius 2 is 1.62 bits per heavy atom. The van der Waals surface area contributed by atoms with Gasteiger partial charge in [0, 0.05) is 6.08 Å². The fraction of sp³-hybridized carbons (Fsp3) is 0.423. The number of ether oxygens (including phenoxy) is 2. The van der Waals surface area contributed by atoms with Crippen LogP contribution in [0.15, 0.2) is 72.8 Å². The first-order chi connectivity index (χ1) is 15.1. The lowest BCUT2D eigenvalue weighted by atomic mass is 9.95. The highest BCUT2D eigenvalue weighted by molar-refractivity contribution is 6.74. The summed E-state index contributed by atoms with van der Waals surface area (Å²) < 4.78 is 18.8. The molecule has 5 nitrogen and oxygen atoms in total. The third-order valence-corrected chi connectivity index (χ3v) is 10.7. The summed E-state index contributed by atoms with van der Waals surface area (Å²) in [6.07, 6.45) is -0.366. The van der Waals surface area contributed by atoms with Gasteiger partial charge in [-0.05, 0) is 35.3 Å². The summed E-state index contributed by atoms with van der Waals surface area (Å²) in [6, 6.07) is 19.6. The topological polar surface area (TPSA) is 65.0 Å². The molecule has 0 spiro atoms. The average molecular weight is 455 g/mol. The van der Waals surface area contributed by atoms with E-state index < -0.39 is 38.7 Å². The second kappa shape index (κ2) is 10.1. The summed E-state index contributed by atoms with van der Waals surface area (Å²) in [7, 11) is -2.24. The number of rotatable bonds is 8. The maximum absolute atomic E-state index is 12.1. The van der Waals surface area contributed by atoms with Crippen LogP contribution in [0.1, 0.15) is 38.0 Å². The number of hydrogen-bond acceptors (Lipinski definition) is 5. The third kappa shape index (κ3) is 5.95. The van der Waals surface area contributed by atoms with Crippen molar-refractivity contribution in [2.45, 2.75) is 69.9 Å². The van der Waals surface area contributed by atoms with Crippen LogP contribution in [0.4, 0.5) is 0 Å². The number of carbonyl (C=O) groups excluding carboxylic acids is 1. The van der Waals surface area contributed by atoms with Gasteiger partial charge >= 0.3 is 5.97 Å². The van der Waals surface area contributed by atoms with Crippen LogP contribution in [0.3, 0.4) is 0 Å². The lowest BCUT2D eigenvalue weighted by Gasteiger charge is -2.43. The highest BCUT2D eigenvalue weighted by Gasteiger charge is 2.45. The van der Waals surface area contributed by atoms with Crippen molar-refractivity contribution in [3.63, 3.8) is 0 Å². The van der Waals surface area contributed by atoms with Crippen molar-refractivity contribution < 1.29 is 23.8 Å². The maximum Gasteiger partial charge on any atom is 0.330 e. The number of carbonyl (C=O) groups is 1. The first-order valence-electron chi connectivity index (χ1n) is 11.0. The van der Waals surface area contributed by atoms with E-state index in [1.54, 1.807) is 0 Å². The van der Waals surface area contributed by atoms with Gasteiger partial charge in [-0.3, -0.25) is 0 Å². The SMILES string of the molecule is CC(C)(C)[Si](C)(C)O[C@H](c1ccccc1)[C@@H](OCc1ccccc1)[C@@H]1OC(=O)C=C[C@@H]1O. The highest BCUT2D eigenvalue weighted by atomic mass is 28.4. The Balaban J connectivity index is 2.01. The van der Waals surface area contributed by atoms with E-state index in [4.69, 9.17) is 13.9 Å². The number of cyclic esters (lactones) is 1. The molecular formula is C26H34O5Si. The van der Waals surface area contributed by atoms with Crippen LogP contribution in [-0.2, 0) is 25.3 Å². The van der Waals surface area contributed by atoms with Gasteiger partial charge in [0.2, 0.25) is 0 Å². The van der Waals surface area contributed by atoms with Crippen LogP contribution in [0.25, 0.3) is 0 Å². The van der Waals surface area contributed by atoms with Gasteiger partial charge < -0.3 is 19.0 Å². The normalized spacial score (nSPS) is 21.1. The van der Waals surface area contributed by atoms with Crippen molar-refractivity contribution >= 4 is 14.3 Å².